The number of amides is 1. The van der Waals surface area contributed by atoms with E-state index in [1.807, 2.05) is 0 Å². The minimum atomic E-state index is -1.13. The Labute approximate surface area is 118 Å². The zero-order chi connectivity index (χ0) is 14.8. The third-order valence-electron chi connectivity index (χ3n) is 3.92. The topological polar surface area (TPSA) is 79.3 Å². The first-order valence-corrected chi connectivity index (χ1v) is 6.88. The summed E-state index contributed by atoms with van der Waals surface area (Å²) in [5.74, 6) is -1.35. The van der Waals surface area contributed by atoms with Gasteiger partial charge in [-0.2, -0.15) is 0 Å². The van der Waals surface area contributed by atoms with E-state index in [0.717, 1.165) is 25.7 Å². The maximum Gasteiger partial charge on any atom is 0.354 e. The average molecular weight is 276 g/mol. The Morgan fingerprint density at radius 3 is 2.60 bits per heavy atom. The SMILES string of the molecule is CC1(C)CCC(NC(=O)c2ccnc(C(=O)O)c2)CC1. The first-order valence-electron chi connectivity index (χ1n) is 6.88. The molecule has 0 unspecified atom stereocenters. The lowest BCUT2D eigenvalue weighted by molar-refractivity contribution is 0.0690. The number of hydrogen-bond acceptors (Lipinski definition) is 3. The molecule has 0 atom stereocenters. The summed E-state index contributed by atoms with van der Waals surface area (Å²) < 4.78 is 0. The molecule has 1 saturated carbocycles. The van der Waals surface area contributed by atoms with Gasteiger partial charge in [0.15, 0.2) is 0 Å². The highest BCUT2D eigenvalue weighted by atomic mass is 16.4. The number of carbonyl (C=O) groups excluding carboxylic acids is 1. The van der Waals surface area contributed by atoms with Crippen LogP contribution in [0.5, 0.6) is 0 Å². The molecule has 0 aromatic carbocycles. The van der Waals surface area contributed by atoms with Crippen molar-refractivity contribution in [2.75, 3.05) is 0 Å². The van der Waals surface area contributed by atoms with E-state index < -0.39 is 5.97 Å². The van der Waals surface area contributed by atoms with E-state index in [2.05, 4.69) is 24.1 Å². The second-order valence-electron chi connectivity index (χ2n) is 6.15. The van der Waals surface area contributed by atoms with Gasteiger partial charge in [-0.1, -0.05) is 13.8 Å². The lowest BCUT2D eigenvalue weighted by Gasteiger charge is -2.34. The Morgan fingerprint density at radius 2 is 2.00 bits per heavy atom. The number of rotatable bonds is 3. The zero-order valence-electron chi connectivity index (χ0n) is 11.8. The van der Waals surface area contributed by atoms with Crippen molar-refractivity contribution in [1.29, 1.82) is 0 Å². The van der Waals surface area contributed by atoms with Crippen LogP contribution in [0.15, 0.2) is 18.3 Å². The van der Waals surface area contributed by atoms with E-state index in [0.29, 0.717) is 11.0 Å². The number of aromatic carboxylic acids is 1. The number of aromatic nitrogens is 1. The fourth-order valence-corrected chi connectivity index (χ4v) is 2.50. The van der Waals surface area contributed by atoms with Crippen molar-refractivity contribution in [1.82, 2.24) is 10.3 Å². The van der Waals surface area contributed by atoms with Gasteiger partial charge in [0.05, 0.1) is 0 Å². The predicted octanol–water partition coefficient (Wildman–Crippen LogP) is 2.48. The van der Waals surface area contributed by atoms with Crippen LogP contribution >= 0.6 is 0 Å². The molecule has 5 heteroatoms. The lowest BCUT2D eigenvalue weighted by atomic mass is 9.75. The smallest absolute Gasteiger partial charge is 0.354 e. The molecule has 1 aromatic rings. The number of carboxylic acids is 1. The summed E-state index contributed by atoms with van der Waals surface area (Å²) in [6.45, 7) is 4.49. The molecule has 0 aliphatic heterocycles. The summed E-state index contributed by atoms with van der Waals surface area (Å²) in [5.41, 5.74) is 0.596. The number of carbonyl (C=O) groups is 2. The molecular formula is C15H20N2O3. The third-order valence-corrected chi connectivity index (χ3v) is 3.92. The molecule has 0 saturated heterocycles. The van der Waals surface area contributed by atoms with Crippen LogP contribution in [0.3, 0.4) is 0 Å². The Hall–Kier alpha value is -1.91. The molecule has 5 nitrogen and oxygen atoms in total. The number of hydrogen-bond donors (Lipinski definition) is 2. The van der Waals surface area contributed by atoms with Crippen molar-refractivity contribution in [2.45, 2.75) is 45.6 Å². The second kappa shape index (κ2) is 5.61. The van der Waals surface area contributed by atoms with Crippen LogP contribution in [0.2, 0.25) is 0 Å². The number of pyridine rings is 1. The molecule has 2 N–H and O–H groups in total. The van der Waals surface area contributed by atoms with E-state index in [1.165, 1.54) is 18.3 Å². The number of nitrogens with one attached hydrogen (secondary N) is 1. The minimum Gasteiger partial charge on any atom is -0.477 e. The highest BCUT2D eigenvalue weighted by molar-refractivity contribution is 5.96. The van der Waals surface area contributed by atoms with Gasteiger partial charge in [0.1, 0.15) is 5.69 Å². The van der Waals surface area contributed by atoms with E-state index in [4.69, 9.17) is 5.11 Å². The lowest BCUT2D eigenvalue weighted by Crippen LogP contribution is -2.39. The molecule has 2 rings (SSSR count). The highest BCUT2D eigenvalue weighted by Gasteiger charge is 2.27. The van der Waals surface area contributed by atoms with E-state index in [9.17, 15) is 9.59 Å². The molecule has 0 radical (unpaired) electrons. The molecule has 1 aliphatic rings. The Kier molecular flexibility index (Phi) is 4.06. The van der Waals surface area contributed by atoms with Crippen LogP contribution in [0.1, 0.15) is 60.4 Å². The van der Waals surface area contributed by atoms with Crippen LogP contribution in [0.25, 0.3) is 0 Å². The van der Waals surface area contributed by atoms with Crippen molar-refractivity contribution < 1.29 is 14.7 Å². The van der Waals surface area contributed by atoms with Gasteiger partial charge in [-0.05, 0) is 43.2 Å². The molecule has 1 fully saturated rings. The standard InChI is InChI=1S/C15H20N2O3/c1-15(2)6-3-11(4-7-15)17-13(18)10-5-8-16-12(9-10)14(19)20/h5,8-9,11H,3-4,6-7H2,1-2H3,(H,17,18)(H,19,20). The van der Waals surface area contributed by atoms with E-state index in [1.54, 1.807) is 0 Å². The largest absolute Gasteiger partial charge is 0.477 e. The molecule has 0 bridgehead atoms. The summed E-state index contributed by atoms with van der Waals surface area (Å²) in [6.07, 6.45) is 5.47. The fourth-order valence-electron chi connectivity index (χ4n) is 2.50. The zero-order valence-corrected chi connectivity index (χ0v) is 11.8. The first-order chi connectivity index (χ1) is 9.37. The summed E-state index contributed by atoms with van der Waals surface area (Å²) in [5, 5.41) is 11.9. The van der Waals surface area contributed by atoms with Gasteiger partial charge < -0.3 is 10.4 Å². The Bertz CT molecular complexity index is 516. The van der Waals surface area contributed by atoms with Gasteiger partial charge in [-0.25, -0.2) is 9.78 Å². The van der Waals surface area contributed by atoms with Gasteiger partial charge in [0.25, 0.3) is 5.91 Å². The molecular weight excluding hydrogens is 256 g/mol. The molecule has 0 spiro atoms. The van der Waals surface area contributed by atoms with Crippen molar-refractivity contribution in [3.8, 4) is 0 Å². The van der Waals surface area contributed by atoms with Gasteiger partial charge >= 0.3 is 5.97 Å². The van der Waals surface area contributed by atoms with E-state index >= 15 is 0 Å². The fraction of sp³-hybridized carbons (Fsp3) is 0.533. The maximum atomic E-state index is 12.1. The molecule has 1 heterocycles. The monoisotopic (exact) mass is 276 g/mol. The number of carboxylic acid groups (broad SMARTS) is 1. The second-order valence-corrected chi connectivity index (χ2v) is 6.15. The third kappa shape index (κ3) is 3.56. The normalized spacial score (nSPS) is 18.5. The van der Waals surface area contributed by atoms with E-state index in [-0.39, 0.29) is 17.6 Å². The van der Waals surface area contributed by atoms with Crippen molar-refractivity contribution in [3.05, 3.63) is 29.6 Å². The van der Waals surface area contributed by atoms with Gasteiger partial charge in [-0.3, -0.25) is 4.79 Å². The van der Waals surface area contributed by atoms with Crippen LogP contribution in [0, 0.1) is 5.41 Å². The van der Waals surface area contributed by atoms with Crippen molar-refractivity contribution in [3.63, 3.8) is 0 Å². The van der Waals surface area contributed by atoms with Crippen molar-refractivity contribution in [2.24, 2.45) is 5.41 Å². The van der Waals surface area contributed by atoms with Crippen LogP contribution in [0.4, 0.5) is 0 Å². The molecule has 108 valence electrons. The number of nitrogens with zero attached hydrogens (tertiary/aromatic N) is 1. The average Bonchev–Trinajstić information content (AvgIpc) is 2.41. The Morgan fingerprint density at radius 1 is 1.35 bits per heavy atom. The minimum absolute atomic E-state index is 0.109. The summed E-state index contributed by atoms with van der Waals surface area (Å²) >= 11 is 0. The predicted molar refractivity (Wildman–Crippen MR) is 74.7 cm³/mol. The first kappa shape index (κ1) is 14.5. The molecule has 20 heavy (non-hydrogen) atoms. The Balaban J connectivity index is 1.99. The van der Waals surface area contributed by atoms with Crippen molar-refractivity contribution >= 4 is 11.9 Å². The van der Waals surface area contributed by atoms with Gasteiger partial charge in [0, 0.05) is 17.8 Å². The highest BCUT2D eigenvalue weighted by Crippen LogP contribution is 2.35. The van der Waals surface area contributed by atoms with Crippen LogP contribution in [-0.2, 0) is 0 Å². The van der Waals surface area contributed by atoms with Gasteiger partial charge in [0.2, 0.25) is 0 Å². The summed E-state index contributed by atoms with van der Waals surface area (Å²) in [7, 11) is 0. The molecule has 1 aliphatic carbocycles. The molecule has 1 aromatic heterocycles. The van der Waals surface area contributed by atoms with Crippen LogP contribution < -0.4 is 5.32 Å². The summed E-state index contributed by atoms with van der Waals surface area (Å²) in [4.78, 5) is 26.7. The van der Waals surface area contributed by atoms with Gasteiger partial charge in [-0.15, -0.1) is 0 Å². The summed E-state index contributed by atoms with van der Waals surface area (Å²) in [6, 6.07) is 3.02. The maximum absolute atomic E-state index is 12.1. The van der Waals surface area contributed by atoms with Crippen LogP contribution in [-0.4, -0.2) is 28.0 Å². The molecule has 1 amide bonds. The quantitative estimate of drug-likeness (QED) is 0.889.